The zero-order valence-electron chi connectivity index (χ0n) is 10.9. The fourth-order valence-corrected chi connectivity index (χ4v) is 2.40. The maximum absolute atomic E-state index is 13.7. The number of hydrogen-bond donors (Lipinski definition) is 1. The van der Waals surface area contributed by atoms with Crippen molar-refractivity contribution < 1.29 is 13.6 Å². The fraction of sp³-hybridized carbons (Fsp3) is 0.267. The number of halogens is 1. The van der Waals surface area contributed by atoms with Crippen LogP contribution in [0, 0.1) is 5.82 Å². The number of hydrogen-bond acceptors (Lipinski definition) is 3. The van der Waals surface area contributed by atoms with Crippen LogP contribution in [0.1, 0.15) is 23.4 Å². The lowest BCUT2D eigenvalue weighted by Crippen LogP contribution is -2.18. The van der Waals surface area contributed by atoms with E-state index in [1.807, 2.05) is 0 Å². The Morgan fingerprint density at radius 2 is 2.05 bits per heavy atom. The van der Waals surface area contributed by atoms with Crippen LogP contribution >= 0.6 is 0 Å². The number of anilines is 2. The smallest absolute Gasteiger partial charge is 0.291 e. The quantitative estimate of drug-likeness (QED) is 0.934. The molecule has 1 amide bonds. The Kier molecular flexibility index (Phi) is 3.41. The molecule has 20 heavy (non-hydrogen) atoms. The number of amides is 1. The first kappa shape index (κ1) is 12.7. The summed E-state index contributed by atoms with van der Waals surface area (Å²) in [5.41, 5.74) is 1.24. The maximum atomic E-state index is 13.7. The Bertz CT molecular complexity index is 604. The van der Waals surface area contributed by atoms with Gasteiger partial charge >= 0.3 is 0 Å². The Morgan fingerprint density at radius 3 is 2.75 bits per heavy atom. The maximum Gasteiger partial charge on any atom is 0.291 e. The SMILES string of the molecule is O=C(Nc1cc(F)cc(N2CCCC2)c1)c1ccco1. The highest BCUT2D eigenvalue weighted by molar-refractivity contribution is 6.02. The van der Waals surface area contributed by atoms with Crippen molar-refractivity contribution in [1.29, 1.82) is 0 Å². The topological polar surface area (TPSA) is 45.5 Å². The number of carbonyl (C=O) groups is 1. The number of rotatable bonds is 3. The van der Waals surface area contributed by atoms with Gasteiger partial charge in [-0.3, -0.25) is 4.79 Å². The average molecular weight is 274 g/mol. The molecule has 5 heteroatoms. The molecule has 1 aromatic heterocycles. The summed E-state index contributed by atoms with van der Waals surface area (Å²) in [5.74, 6) is -0.533. The molecular formula is C15H15FN2O2. The van der Waals surface area contributed by atoms with E-state index in [0.717, 1.165) is 31.6 Å². The highest BCUT2D eigenvalue weighted by atomic mass is 19.1. The lowest BCUT2D eigenvalue weighted by atomic mass is 10.2. The van der Waals surface area contributed by atoms with Crippen LogP contribution in [0.3, 0.4) is 0 Å². The van der Waals surface area contributed by atoms with Crippen molar-refractivity contribution >= 4 is 17.3 Å². The molecule has 1 aromatic carbocycles. The largest absolute Gasteiger partial charge is 0.459 e. The van der Waals surface area contributed by atoms with Gasteiger partial charge in [-0.15, -0.1) is 0 Å². The average Bonchev–Trinajstić information content (AvgIpc) is 3.12. The van der Waals surface area contributed by atoms with E-state index in [4.69, 9.17) is 4.42 Å². The monoisotopic (exact) mass is 274 g/mol. The number of benzene rings is 1. The third kappa shape index (κ3) is 2.66. The summed E-state index contributed by atoms with van der Waals surface area (Å²) in [4.78, 5) is 14.0. The lowest BCUT2D eigenvalue weighted by molar-refractivity contribution is 0.0996. The van der Waals surface area contributed by atoms with Gasteiger partial charge in [-0.25, -0.2) is 4.39 Å². The van der Waals surface area contributed by atoms with Crippen LogP contribution in [0.15, 0.2) is 41.0 Å². The number of nitrogens with one attached hydrogen (secondary N) is 1. The summed E-state index contributed by atoms with van der Waals surface area (Å²) in [5, 5.41) is 2.65. The predicted molar refractivity (Wildman–Crippen MR) is 74.5 cm³/mol. The molecule has 2 heterocycles. The Morgan fingerprint density at radius 1 is 1.25 bits per heavy atom. The highest BCUT2D eigenvalue weighted by Crippen LogP contribution is 2.25. The number of carbonyl (C=O) groups excluding carboxylic acids is 1. The van der Waals surface area contributed by atoms with Gasteiger partial charge in [-0.2, -0.15) is 0 Å². The Labute approximate surface area is 116 Å². The van der Waals surface area contributed by atoms with Gasteiger partial charge in [0.2, 0.25) is 0 Å². The molecular weight excluding hydrogens is 259 g/mol. The number of nitrogens with zero attached hydrogens (tertiary/aromatic N) is 1. The summed E-state index contributed by atoms with van der Waals surface area (Å²) in [6.07, 6.45) is 3.66. The molecule has 0 saturated carbocycles. The molecule has 1 fully saturated rings. The molecule has 1 aliphatic heterocycles. The van der Waals surface area contributed by atoms with Gasteiger partial charge in [0.1, 0.15) is 5.82 Å². The van der Waals surface area contributed by atoms with Crippen molar-refractivity contribution in [2.24, 2.45) is 0 Å². The van der Waals surface area contributed by atoms with Crippen molar-refractivity contribution in [1.82, 2.24) is 0 Å². The van der Waals surface area contributed by atoms with Crippen LogP contribution in [0.25, 0.3) is 0 Å². The van der Waals surface area contributed by atoms with E-state index in [1.165, 1.54) is 18.4 Å². The Balaban J connectivity index is 1.80. The summed E-state index contributed by atoms with van der Waals surface area (Å²) >= 11 is 0. The molecule has 3 rings (SSSR count). The third-order valence-corrected chi connectivity index (χ3v) is 3.36. The molecule has 4 nitrogen and oxygen atoms in total. The molecule has 0 aliphatic carbocycles. The zero-order valence-corrected chi connectivity index (χ0v) is 10.9. The van der Waals surface area contributed by atoms with E-state index >= 15 is 0 Å². The molecule has 2 aromatic rings. The summed E-state index contributed by atoms with van der Waals surface area (Å²) in [7, 11) is 0. The molecule has 0 radical (unpaired) electrons. The van der Waals surface area contributed by atoms with Crippen LogP contribution in [0.2, 0.25) is 0 Å². The zero-order chi connectivity index (χ0) is 13.9. The second-order valence-electron chi connectivity index (χ2n) is 4.82. The molecule has 1 aliphatic rings. The summed E-state index contributed by atoms with van der Waals surface area (Å²) < 4.78 is 18.7. The number of furan rings is 1. The summed E-state index contributed by atoms with van der Waals surface area (Å²) in [6.45, 7) is 1.85. The van der Waals surface area contributed by atoms with Crippen molar-refractivity contribution in [2.75, 3.05) is 23.3 Å². The third-order valence-electron chi connectivity index (χ3n) is 3.36. The van der Waals surface area contributed by atoms with Crippen LogP contribution in [0.4, 0.5) is 15.8 Å². The van der Waals surface area contributed by atoms with E-state index in [9.17, 15) is 9.18 Å². The normalized spacial score (nSPS) is 14.6. The van der Waals surface area contributed by atoms with E-state index < -0.39 is 0 Å². The second-order valence-corrected chi connectivity index (χ2v) is 4.82. The minimum absolute atomic E-state index is 0.206. The lowest BCUT2D eigenvalue weighted by Gasteiger charge is -2.18. The standard InChI is InChI=1S/C15H15FN2O2/c16-11-8-12(17-15(19)14-4-3-7-20-14)10-13(9-11)18-5-1-2-6-18/h3-4,7-10H,1-2,5-6H2,(H,17,19). The van der Waals surface area contributed by atoms with Crippen molar-refractivity contribution in [3.63, 3.8) is 0 Å². The fourth-order valence-electron chi connectivity index (χ4n) is 2.40. The van der Waals surface area contributed by atoms with Crippen LogP contribution in [0.5, 0.6) is 0 Å². The minimum Gasteiger partial charge on any atom is -0.459 e. The molecule has 0 bridgehead atoms. The van der Waals surface area contributed by atoms with Crippen LogP contribution < -0.4 is 10.2 Å². The van der Waals surface area contributed by atoms with E-state index in [2.05, 4.69) is 10.2 Å². The first-order valence-corrected chi connectivity index (χ1v) is 6.63. The van der Waals surface area contributed by atoms with E-state index in [0.29, 0.717) is 5.69 Å². The van der Waals surface area contributed by atoms with Crippen LogP contribution in [-0.4, -0.2) is 19.0 Å². The van der Waals surface area contributed by atoms with Crippen molar-refractivity contribution in [3.05, 3.63) is 48.2 Å². The van der Waals surface area contributed by atoms with E-state index in [-0.39, 0.29) is 17.5 Å². The molecule has 0 atom stereocenters. The van der Waals surface area contributed by atoms with Gasteiger partial charge in [-0.05, 0) is 43.2 Å². The first-order chi connectivity index (χ1) is 9.72. The van der Waals surface area contributed by atoms with Gasteiger partial charge < -0.3 is 14.6 Å². The highest BCUT2D eigenvalue weighted by Gasteiger charge is 2.15. The predicted octanol–water partition coefficient (Wildman–Crippen LogP) is 3.27. The van der Waals surface area contributed by atoms with Crippen molar-refractivity contribution in [2.45, 2.75) is 12.8 Å². The molecule has 0 unspecified atom stereocenters. The molecule has 1 N–H and O–H groups in total. The van der Waals surface area contributed by atoms with Crippen molar-refractivity contribution in [3.8, 4) is 0 Å². The van der Waals surface area contributed by atoms with Crippen LogP contribution in [-0.2, 0) is 0 Å². The molecule has 1 saturated heterocycles. The second kappa shape index (κ2) is 5.36. The Hall–Kier alpha value is -2.30. The van der Waals surface area contributed by atoms with Gasteiger partial charge in [-0.1, -0.05) is 0 Å². The van der Waals surface area contributed by atoms with Gasteiger partial charge in [0.25, 0.3) is 5.91 Å². The molecule has 104 valence electrons. The molecule has 0 spiro atoms. The van der Waals surface area contributed by atoms with Gasteiger partial charge in [0, 0.05) is 24.5 Å². The van der Waals surface area contributed by atoms with Gasteiger partial charge in [0.15, 0.2) is 5.76 Å². The van der Waals surface area contributed by atoms with Gasteiger partial charge in [0.05, 0.1) is 6.26 Å². The van der Waals surface area contributed by atoms with E-state index in [1.54, 1.807) is 18.2 Å². The summed E-state index contributed by atoms with van der Waals surface area (Å²) in [6, 6.07) is 7.79. The first-order valence-electron chi connectivity index (χ1n) is 6.63. The minimum atomic E-state index is -0.382.